The summed E-state index contributed by atoms with van der Waals surface area (Å²) in [5.41, 5.74) is 8.80. The molecule has 0 aliphatic heterocycles. The number of ether oxygens (including phenoxy) is 2. The zero-order chi connectivity index (χ0) is 18.8. The van der Waals surface area contributed by atoms with E-state index in [1.165, 1.54) is 0 Å². The first-order valence-electron chi connectivity index (χ1n) is 8.93. The first-order chi connectivity index (χ1) is 12.5. The lowest BCUT2D eigenvalue weighted by atomic mass is 10.0. The van der Waals surface area contributed by atoms with Crippen molar-refractivity contribution < 1.29 is 14.3 Å². The van der Waals surface area contributed by atoms with Crippen molar-refractivity contribution in [1.29, 1.82) is 0 Å². The van der Waals surface area contributed by atoms with Crippen LogP contribution in [0.3, 0.4) is 0 Å². The van der Waals surface area contributed by atoms with E-state index in [2.05, 4.69) is 5.32 Å². The molecule has 1 unspecified atom stereocenters. The van der Waals surface area contributed by atoms with E-state index in [9.17, 15) is 4.79 Å². The van der Waals surface area contributed by atoms with Gasteiger partial charge in [0.25, 0.3) is 0 Å². The Hall–Kier alpha value is -1.92. The average molecular weight is 393 g/mol. The molecule has 0 bridgehead atoms. The van der Waals surface area contributed by atoms with E-state index < -0.39 is 0 Å². The summed E-state index contributed by atoms with van der Waals surface area (Å²) in [7, 11) is 0. The van der Waals surface area contributed by atoms with Crippen molar-refractivity contribution in [2.75, 3.05) is 18.5 Å². The summed E-state index contributed by atoms with van der Waals surface area (Å²) >= 11 is 0. The summed E-state index contributed by atoms with van der Waals surface area (Å²) in [4.78, 5) is 12.2. The number of halogens is 1. The third-order valence-corrected chi connectivity index (χ3v) is 3.79. The van der Waals surface area contributed by atoms with E-state index in [-0.39, 0.29) is 36.9 Å². The second kappa shape index (κ2) is 12.5. The maximum absolute atomic E-state index is 12.2. The Bertz CT molecular complexity index is 680. The fourth-order valence-electron chi connectivity index (χ4n) is 2.50. The standard InChI is InChI=1S/C21H28N2O3.ClH/c1-16(2)26-12-11-25-15-17-7-6-10-19(13-17)23-21(24)14-20(22)18-8-4-3-5-9-18;/h3-10,13,16,20H,11-12,14-15,22H2,1-2H3,(H,23,24);1H. The molecule has 0 heterocycles. The number of carbonyl (C=O) groups is 1. The Morgan fingerprint density at radius 1 is 1.07 bits per heavy atom. The molecule has 0 saturated heterocycles. The number of benzene rings is 2. The normalized spacial score (nSPS) is 11.7. The zero-order valence-electron chi connectivity index (χ0n) is 15.9. The van der Waals surface area contributed by atoms with Gasteiger partial charge in [-0.15, -0.1) is 12.4 Å². The van der Waals surface area contributed by atoms with E-state index in [1.54, 1.807) is 0 Å². The molecule has 0 aliphatic carbocycles. The molecule has 0 radical (unpaired) electrons. The van der Waals surface area contributed by atoms with Crippen LogP contribution in [-0.2, 0) is 20.9 Å². The number of hydrogen-bond donors (Lipinski definition) is 2. The van der Waals surface area contributed by atoms with Gasteiger partial charge in [-0.2, -0.15) is 0 Å². The summed E-state index contributed by atoms with van der Waals surface area (Å²) in [6.45, 7) is 5.59. The predicted octanol–water partition coefficient (Wildman–Crippen LogP) is 4.08. The van der Waals surface area contributed by atoms with Crippen LogP contribution in [0.1, 0.15) is 37.4 Å². The Morgan fingerprint density at radius 3 is 2.52 bits per heavy atom. The van der Waals surface area contributed by atoms with Crippen LogP contribution in [0.2, 0.25) is 0 Å². The van der Waals surface area contributed by atoms with Crippen LogP contribution < -0.4 is 11.1 Å². The second-order valence-corrected chi connectivity index (χ2v) is 6.44. The van der Waals surface area contributed by atoms with Crippen LogP contribution in [0.15, 0.2) is 54.6 Å². The van der Waals surface area contributed by atoms with Crippen molar-refractivity contribution in [3.8, 4) is 0 Å². The van der Waals surface area contributed by atoms with E-state index in [0.29, 0.717) is 19.8 Å². The van der Waals surface area contributed by atoms with Crippen molar-refractivity contribution in [1.82, 2.24) is 0 Å². The lowest BCUT2D eigenvalue weighted by Crippen LogP contribution is -2.20. The molecular weight excluding hydrogens is 364 g/mol. The van der Waals surface area contributed by atoms with Crippen molar-refractivity contribution >= 4 is 24.0 Å². The van der Waals surface area contributed by atoms with Crippen LogP contribution in [-0.4, -0.2) is 25.2 Å². The molecule has 0 spiro atoms. The second-order valence-electron chi connectivity index (χ2n) is 6.44. The average Bonchev–Trinajstić information content (AvgIpc) is 2.62. The molecule has 1 atom stereocenters. The Kier molecular flexibility index (Phi) is 10.7. The van der Waals surface area contributed by atoms with Gasteiger partial charge in [0.2, 0.25) is 5.91 Å². The fourth-order valence-corrected chi connectivity index (χ4v) is 2.50. The number of nitrogens with two attached hydrogens (primary N) is 1. The third-order valence-electron chi connectivity index (χ3n) is 3.79. The minimum Gasteiger partial charge on any atom is -0.376 e. The minimum absolute atomic E-state index is 0. The summed E-state index contributed by atoms with van der Waals surface area (Å²) < 4.78 is 11.0. The molecule has 0 aliphatic rings. The molecule has 0 saturated carbocycles. The third kappa shape index (κ3) is 9.02. The largest absolute Gasteiger partial charge is 0.376 e. The van der Waals surface area contributed by atoms with Crippen LogP contribution in [0.4, 0.5) is 5.69 Å². The van der Waals surface area contributed by atoms with Gasteiger partial charge in [-0.1, -0.05) is 42.5 Å². The van der Waals surface area contributed by atoms with Gasteiger partial charge in [0, 0.05) is 18.2 Å². The summed E-state index contributed by atoms with van der Waals surface area (Å²) in [5.74, 6) is -0.107. The molecule has 27 heavy (non-hydrogen) atoms. The van der Waals surface area contributed by atoms with Gasteiger partial charge in [-0.05, 0) is 37.1 Å². The quantitative estimate of drug-likeness (QED) is 0.597. The van der Waals surface area contributed by atoms with Gasteiger partial charge in [-0.25, -0.2) is 0 Å². The highest BCUT2D eigenvalue weighted by atomic mass is 35.5. The first kappa shape index (κ1) is 23.1. The number of amides is 1. The molecule has 1 amide bonds. The van der Waals surface area contributed by atoms with E-state index >= 15 is 0 Å². The Morgan fingerprint density at radius 2 is 1.81 bits per heavy atom. The Balaban J connectivity index is 0.00000364. The smallest absolute Gasteiger partial charge is 0.226 e. The van der Waals surface area contributed by atoms with Crippen molar-refractivity contribution in [3.05, 3.63) is 65.7 Å². The van der Waals surface area contributed by atoms with Gasteiger partial charge in [0.15, 0.2) is 0 Å². The number of hydrogen-bond acceptors (Lipinski definition) is 4. The van der Waals surface area contributed by atoms with Crippen LogP contribution in [0.5, 0.6) is 0 Å². The molecular formula is C21H29ClN2O3. The number of rotatable bonds is 10. The van der Waals surface area contributed by atoms with Crippen molar-refractivity contribution in [2.45, 2.75) is 39.0 Å². The lowest BCUT2D eigenvalue weighted by Gasteiger charge is -2.13. The molecule has 148 valence electrons. The summed E-state index contributed by atoms with van der Waals surface area (Å²) in [5, 5.41) is 2.90. The molecule has 2 aromatic carbocycles. The highest BCUT2D eigenvalue weighted by Crippen LogP contribution is 2.16. The number of carbonyl (C=O) groups excluding carboxylic acids is 1. The fraction of sp³-hybridized carbons (Fsp3) is 0.381. The minimum atomic E-state index is -0.316. The number of nitrogens with one attached hydrogen (secondary N) is 1. The molecule has 2 aromatic rings. The van der Waals surface area contributed by atoms with Crippen molar-refractivity contribution in [3.63, 3.8) is 0 Å². The van der Waals surface area contributed by atoms with Gasteiger partial charge < -0.3 is 20.5 Å². The Labute approximate surface area is 167 Å². The summed E-state index contributed by atoms with van der Waals surface area (Å²) in [6.07, 6.45) is 0.441. The van der Waals surface area contributed by atoms with Gasteiger partial charge >= 0.3 is 0 Å². The van der Waals surface area contributed by atoms with Crippen molar-refractivity contribution in [2.24, 2.45) is 5.73 Å². The topological polar surface area (TPSA) is 73.6 Å². The van der Waals surface area contributed by atoms with Gasteiger partial charge in [0.1, 0.15) is 0 Å². The maximum atomic E-state index is 12.2. The molecule has 0 fully saturated rings. The van der Waals surface area contributed by atoms with Gasteiger partial charge in [0.05, 0.1) is 25.9 Å². The van der Waals surface area contributed by atoms with E-state index in [4.69, 9.17) is 15.2 Å². The van der Waals surface area contributed by atoms with Crippen LogP contribution in [0.25, 0.3) is 0 Å². The van der Waals surface area contributed by atoms with E-state index in [0.717, 1.165) is 16.8 Å². The van der Waals surface area contributed by atoms with Gasteiger partial charge in [-0.3, -0.25) is 4.79 Å². The molecule has 0 aromatic heterocycles. The van der Waals surface area contributed by atoms with Crippen LogP contribution in [0, 0.1) is 0 Å². The summed E-state index contributed by atoms with van der Waals surface area (Å²) in [6, 6.07) is 16.9. The SMILES string of the molecule is CC(C)OCCOCc1cccc(NC(=O)CC(N)c2ccccc2)c1.Cl. The molecule has 2 rings (SSSR count). The van der Waals surface area contributed by atoms with Crippen LogP contribution >= 0.6 is 12.4 Å². The first-order valence-corrected chi connectivity index (χ1v) is 8.93. The number of anilines is 1. The lowest BCUT2D eigenvalue weighted by molar-refractivity contribution is -0.116. The predicted molar refractivity (Wildman–Crippen MR) is 111 cm³/mol. The molecule has 3 N–H and O–H groups in total. The molecule has 6 heteroatoms. The highest BCUT2D eigenvalue weighted by Gasteiger charge is 2.11. The molecule has 5 nitrogen and oxygen atoms in total. The van der Waals surface area contributed by atoms with E-state index in [1.807, 2.05) is 68.4 Å². The maximum Gasteiger partial charge on any atom is 0.226 e. The highest BCUT2D eigenvalue weighted by molar-refractivity contribution is 5.91. The monoisotopic (exact) mass is 392 g/mol. The zero-order valence-corrected chi connectivity index (χ0v) is 16.7.